The van der Waals surface area contributed by atoms with Crippen LogP contribution in [0.5, 0.6) is 0 Å². The van der Waals surface area contributed by atoms with Gasteiger partial charge in [0.05, 0.1) is 447 Å². The lowest BCUT2D eigenvalue weighted by molar-refractivity contribution is -0.131. The van der Waals surface area contributed by atoms with Gasteiger partial charge in [-0.3, -0.25) is 33.7 Å². The van der Waals surface area contributed by atoms with E-state index in [1.165, 1.54) is 4.90 Å². The lowest BCUT2D eigenvalue weighted by Gasteiger charge is -2.34. The molecule has 1 unspecified atom stereocenters. The van der Waals surface area contributed by atoms with Gasteiger partial charge in [0.15, 0.2) is 0 Å². The minimum absolute atomic E-state index is 0.0287. The summed E-state index contributed by atoms with van der Waals surface area (Å²) in [5.74, 6) is -1.94. The van der Waals surface area contributed by atoms with Gasteiger partial charge in [0.25, 0.3) is 11.8 Å². The molecule has 136 heavy (non-hydrogen) atoms. The standard InChI is InChI=1S/C91H167N5O40/c1-4-17-105-30-36-113-46-52-121-60-62-123-55-49-116-39-33-108-23-14-93-86(98)10-20-135-81-91(80-134-19-9-85(97)92-13-22-107-32-38-115-48-54-119-44-42-111-28-26-103-2,82-136-21-11-87(99)94-15-24-109-34-40-117-50-56-124-63-66-128-69-68-126-59-58-120-45-43-112-29-27-104-3)95-88(100)12-18-106-31-37-114-47-53-122-61-65-127-70-72-130-74-76-132-78-79-133-77-75-131-73-71-129-67-64-125-57-51-118-41-35-110-25-16-96-89(101)83-7-5-6-8-84(83)90(96)102/h5-8H,4,9-82H2,1-3H3,(H,92,97)(H,93,98)(H,94,99)(H,95,100). The number of carbonyl (C=O) groups is 6. The van der Waals surface area contributed by atoms with Gasteiger partial charge >= 0.3 is 0 Å². The summed E-state index contributed by atoms with van der Waals surface area (Å²) in [6, 6.07) is 6.78. The number of benzene rings is 1. The molecule has 0 fully saturated rings. The van der Waals surface area contributed by atoms with Crippen LogP contribution in [0.1, 0.15) is 59.7 Å². The average molecular weight is 1970 g/mol. The van der Waals surface area contributed by atoms with Crippen molar-refractivity contribution in [3.63, 3.8) is 0 Å². The van der Waals surface area contributed by atoms with E-state index in [2.05, 4.69) is 28.2 Å². The minimum atomic E-state index is -1.38. The molecule has 1 aliphatic rings. The zero-order valence-electron chi connectivity index (χ0n) is 81.6. The molecule has 1 aliphatic heterocycles. The highest BCUT2D eigenvalue weighted by Gasteiger charge is 2.36. The molecule has 2 rings (SSSR count). The van der Waals surface area contributed by atoms with Crippen molar-refractivity contribution in [1.29, 1.82) is 0 Å². The van der Waals surface area contributed by atoms with Gasteiger partial charge in [0, 0.05) is 66.1 Å². The van der Waals surface area contributed by atoms with Crippen LogP contribution in [0, 0.1) is 0 Å². The number of hydrogen-bond donors (Lipinski definition) is 4. The number of fused-ring (bicyclic) bond motifs is 1. The van der Waals surface area contributed by atoms with Crippen LogP contribution in [0.15, 0.2) is 24.3 Å². The second kappa shape index (κ2) is 103. The Bertz CT molecular complexity index is 2760. The monoisotopic (exact) mass is 1970 g/mol. The van der Waals surface area contributed by atoms with Crippen molar-refractivity contribution in [2.24, 2.45) is 0 Å². The Morgan fingerprint density at radius 1 is 0.228 bits per heavy atom. The van der Waals surface area contributed by atoms with Gasteiger partial charge in [-0.15, -0.1) is 0 Å². The summed E-state index contributed by atoms with van der Waals surface area (Å²) in [5.41, 5.74) is -0.537. The van der Waals surface area contributed by atoms with Crippen molar-refractivity contribution >= 4 is 35.4 Å². The van der Waals surface area contributed by atoms with Gasteiger partial charge in [-0.25, -0.2) is 0 Å². The Balaban J connectivity index is 1.72. The molecule has 0 aliphatic carbocycles. The van der Waals surface area contributed by atoms with E-state index in [9.17, 15) is 28.8 Å². The molecule has 0 saturated carbocycles. The first-order chi connectivity index (χ1) is 67.2. The molecule has 0 spiro atoms. The predicted molar refractivity (Wildman–Crippen MR) is 490 cm³/mol. The van der Waals surface area contributed by atoms with E-state index in [0.717, 1.165) is 13.0 Å². The molecule has 0 saturated heterocycles. The molecule has 4 N–H and O–H groups in total. The van der Waals surface area contributed by atoms with Crippen molar-refractivity contribution < 1.29 is 190 Å². The summed E-state index contributed by atoms with van der Waals surface area (Å²) in [6.45, 7) is 26.2. The smallest absolute Gasteiger partial charge is 0.261 e. The molecule has 45 nitrogen and oxygen atoms in total. The molecule has 1 aromatic rings. The minimum Gasteiger partial charge on any atom is -0.382 e. The van der Waals surface area contributed by atoms with Crippen LogP contribution in [0.25, 0.3) is 0 Å². The van der Waals surface area contributed by atoms with Crippen LogP contribution in [-0.2, 0) is 180 Å². The maximum absolute atomic E-state index is 13.9. The highest BCUT2D eigenvalue weighted by Crippen LogP contribution is 2.22. The van der Waals surface area contributed by atoms with E-state index in [-0.39, 0.29) is 167 Å². The number of rotatable bonds is 114. The Labute approximate surface area is 804 Å². The fourth-order valence-electron chi connectivity index (χ4n) is 11.0. The molecule has 0 bridgehead atoms. The Kier molecular flexibility index (Phi) is 95.9. The van der Waals surface area contributed by atoms with Crippen molar-refractivity contribution in [3.8, 4) is 0 Å². The Morgan fingerprint density at radius 3 is 0.618 bits per heavy atom. The highest BCUT2D eigenvalue weighted by atomic mass is 16.6. The fourth-order valence-corrected chi connectivity index (χ4v) is 11.0. The second-order valence-corrected chi connectivity index (χ2v) is 29.1. The summed E-state index contributed by atoms with van der Waals surface area (Å²) in [6.07, 6.45) is 0.792. The summed E-state index contributed by atoms with van der Waals surface area (Å²) in [4.78, 5) is 79.0. The summed E-state index contributed by atoms with van der Waals surface area (Å²) in [7, 11) is 3.24. The number of ether oxygens (including phenoxy) is 34. The van der Waals surface area contributed by atoms with E-state index in [1.807, 2.05) is 0 Å². The molecule has 1 aromatic carbocycles. The quantitative estimate of drug-likeness (QED) is 0.0503. The third-order valence-corrected chi connectivity index (χ3v) is 18.0. The van der Waals surface area contributed by atoms with E-state index < -0.39 is 11.4 Å². The third-order valence-electron chi connectivity index (χ3n) is 18.0. The van der Waals surface area contributed by atoms with Crippen molar-refractivity contribution in [2.75, 3.05) is 476 Å². The van der Waals surface area contributed by atoms with E-state index >= 15 is 0 Å². The zero-order valence-corrected chi connectivity index (χ0v) is 81.6. The summed E-state index contributed by atoms with van der Waals surface area (Å²) in [5, 5.41) is 11.5. The lowest BCUT2D eigenvalue weighted by Crippen LogP contribution is -2.59. The number of nitrogens with one attached hydrogen (secondary N) is 4. The lowest BCUT2D eigenvalue weighted by atomic mass is 10.0. The molecule has 1 atom stereocenters. The number of imide groups is 1. The van der Waals surface area contributed by atoms with Crippen molar-refractivity contribution in [1.82, 2.24) is 26.2 Å². The van der Waals surface area contributed by atoms with E-state index in [0.29, 0.717) is 355 Å². The van der Waals surface area contributed by atoms with Gasteiger partial charge in [0.1, 0.15) is 5.54 Å². The predicted octanol–water partition coefficient (Wildman–Crippen LogP) is 0.281. The van der Waals surface area contributed by atoms with Crippen LogP contribution in [0.3, 0.4) is 0 Å². The third kappa shape index (κ3) is 85.6. The van der Waals surface area contributed by atoms with E-state index in [1.54, 1.807) is 38.5 Å². The summed E-state index contributed by atoms with van der Waals surface area (Å²) >= 11 is 0. The van der Waals surface area contributed by atoms with Crippen LogP contribution in [0.2, 0.25) is 0 Å². The SMILES string of the molecule is CCCOCCOCCOCCOCCOCCOCCNC(=O)CCOCC(COCCC(=O)NCCOCCOCCOCCOCCOC)(COCCC(=O)NCCOCCOCCOCCOCCOCCOCCOCCOC)NC(=O)CCOCCOCCOCCOCCOCCOCCOCCOCCOCCOCCOCCOCCN1C(=O)c2ccccc2C1=O. The molecule has 0 radical (unpaired) electrons. The molecule has 6 amide bonds. The highest BCUT2D eigenvalue weighted by molar-refractivity contribution is 6.21. The number of amides is 6. The summed E-state index contributed by atoms with van der Waals surface area (Å²) < 4.78 is 189. The first-order valence-electron chi connectivity index (χ1n) is 47.7. The second-order valence-electron chi connectivity index (χ2n) is 29.1. The van der Waals surface area contributed by atoms with Gasteiger partial charge in [0.2, 0.25) is 23.6 Å². The zero-order chi connectivity index (χ0) is 97.4. The normalized spacial score (nSPS) is 12.5. The Hall–Kier alpha value is -5.12. The molecule has 45 heteroatoms. The molecule has 796 valence electrons. The van der Waals surface area contributed by atoms with Gasteiger partial charge < -0.3 is 182 Å². The molecule has 1 heterocycles. The maximum Gasteiger partial charge on any atom is 0.261 e. The van der Waals surface area contributed by atoms with Gasteiger partial charge in [-0.1, -0.05) is 19.1 Å². The van der Waals surface area contributed by atoms with E-state index in [4.69, 9.17) is 161 Å². The number of methoxy groups -OCH3 is 2. The Morgan fingerprint density at radius 2 is 0.404 bits per heavy atom. The topological polar surface area (TPSA) is 468 Å². The van der Waals surface area contributed by atoms with Crippen molar-refractivity contribution in [2.45, 2.75) is 44.6 Å². The van der Waals surface area contributed by atoms with Crippen molar-refractivity contribution in [3.05, 3.63) is 35.4 Å². The fraction of sp³-hybridized carbons (Fsp3) is 0.868. The number of nitrogens with zero attached hydrogens (tertiary/aromatic N) is 1. The first-order valence-corrected chi connectivity index (χ1v) is 47.7. The van der Waals surface area contributed by atoms with Crippen LogP contribution >= 0.6 is 0 Å². The largest absolute Gasteiger partial charge is 0.382 e. The average Bonchev–Trinajstić information content (AvgIpc) is 1.64. The molecule has 0 aromatic heterocycles. The molecular weight excluding hydrogens is 1800 g/mol. The van der Waals surface area contributed by atoms with Crippen LogP contribution < -0.4 is 21.3 Å². The van der Waals surface area contributed by atoms with Crippen LogP contribution in [0.4, 0.5) is 0 Å². The van der Waals surface area contributed by atoms with Crippen LogP contribution in [-0.4, -0.2) is 522 Å². The van der Waals surface area contributed by atoms with Gasteiger partial charge in [-0.2, -0.15) is 0 Å². The number of carbonyl (C=O) groups excluding carboxylic acids is 6. The number of hydrogen-bond acceptors (Lipinski definition) is 40. The van der Waals surface area contributed by atoms with Gasteiger partial charge in [-0.05, 0) is 18.6 Å². The first kappa shape index (κ1) is 127. The molecular formula is C91H167N5O40. The maximum atomic E-state index is 13.9.